The summed E-state index contributed by atoms with van der Waals surface area (Å²) in [6, 6.07) is 18.7. The zero-order chi connectivity index (χ0) is 17.6. The van der Waals surface area contributed by atoms with E-state index < -0.39 is 7.60 Å². The first-order valence-corrected chi connectivity index (χ1v) is 10.9. The number of rotatable bonds is 10. The Hall–Kier alpha value is -1.73. The standard InChI is InChI=1S/C21H27O3P/c1-2-3-10-15-21(16-17-21)18-25(22,23-19-11-6-4-7-12-19)24-20-13-8-5-9-14-20/h4-9,11-14H,2-3,10,15-18H2,1H3. The quantitative estimate of drug-likeness (QED) is 0.350. The number of hydrogen-bond donors (Lipinski definition) is 0. The van der Waals surface area contributed by atoms with E-state index in [0.29, 0.717) is 17.7 Å². The third-order valence-corrected chi connectivity index (χ3v) is 6.81. The van der Waals surface area contributed by atoms with Crippen LogP contribution in [-0.2, 0) is 4.57 Å². The fourth-order valence-corrected chi connectivity index (χ4v) is 5.54. The van der Waals surface area contributed by atoms with Gasteiger partial charge in [-0.2, -0.15) is 0 Å². The zero-order valence-corrected chi connectivity index (χ0v) is 15.8. The minimum absolute atomic E-state index is 0.133. The Balaban J connectivity index is 1.75. The molecule has 3 rings (SSSR count). The smallest absolute Gasteiger partial charge is 0.416 e. The highest BCUT2D eigenvalue weighted by molar-refractivity contribution is 7.54. The van der Waals surface area contributed by atoms with Gasteiger partial charge in [-0.25, -0.2) is 4.57 Å². The van der Waals surface area contributed by atoms with Crippen LogP contribution in [0.3, 0.4) is 0 Å². The van der Waals surface area contributed by atoms with E-state index >= 15 is 0 Å². The van der Waals surface area contributed by atoms with Crippen LogP contribution in [-0.4, -0.2) is 6.16 Å². The van der Waals surface area contributed by atoms with E-state index in [2.05, 4.69) is 6.92 Å². The monoisotopic (exact) mass is 358 g/mol. The lowest BCUT2D eigenvalue weighted by Crippen LogP contribution is -2.14. The fourth-order valence-electron chi connectivity index (χ4n) is 3.19. The van der Waals surface area contributed by atoms with Gasteiger partial charge in [0.15, 0.2) is 0 Å². The van der Waals surface area contributed by atoms with Crippen molar-refractivity contribution in [3.05, 3.63) is 60.7 Å². The van der Waals surface area contributed by atoms with E-state index in [1.54, 1.807) is 0 Å². The first-order chi connectivity index (χ1) is 12.1. The summed E-state index contributed by atoms with van der Waals surface area (Å²) in [6.07, 6.45) is 7.47. The molecule has 1 aliphatic rings. The fraction of sp³-hybridized carbons (Fsp3) is 0.429. The number of benzene rings is 2. The summed E-state index contributed by atoms with van der Waals surface area (Å²) in [6.45, 7) is 2.21. The highest BCUT2D eigenvalue weighted by Crippen LogP contribution is 2.62. The second-order valence-electron chi connectivity index (χ2n) is 7.03. The summed E-state index contributed by atoms with van der Waals surface area (Å²) in [5, 5.41) is 0. The lowest BCUT2D eigenvalue weighted by molar-refractivity contribution is 0.363. The number of hydrogen-bond acceptors (Lipinski definition) is 3. The highest BCUT2D eigenvalue weighted by atomic mass is 31.2. The molecule has 0 N–H and O–H groups in total. The van der Waals surface area contributed by atoms with E-state index in [4.69, 9.17) is 9.05 Å². The molecule has 0 spiro atoms. The maximum absolute atomic E-state index is 13.6. The Morgan fingerprint density at radius 1 is 0.880 bits per heavy atom. The Morgan fingerprint density at radius 3 is 1.84 bits per heavy atom. The van der Waals surface area contributed by atoms with Crippen LogP contribution >= 0.6 is 7.60 Å². The van der Waals surface area contributed by atoms with Crippen LogP contribution in [0.25, 0.3) is 0 Å². The largest absolute Gasteiger partial charge is 0.431 e. The summed E-state index contributed by atoms with van der Waals surface area (Å²) in [5.41, 5.74) is 0.133. The van der Waals surface area contributed by atoms with Crippen LogP contribution in [0.1, 0.15) is 45.4 Å². The molecule has 0 saturated heterocycles. The van der Waals surface area contributed by atoms with Crippen molar-refractivity contribution in [1.29, 1.82) is 0 Å². The van der Waals surface area contributed by atoms with E-state index in [-0.39, 0.29) is 5.41 Å². The maximum atomic E-state index is 13.6. The highest BCUT2D eigenvalue weighted by Gasteiger charge is 2.49. The molecule has 0 radical (unpaired) electrons. The first-order valence-electron chi connectivity index (χ1n) is 9.21. The summed E-state index contributed by atoms with van der Waals surface area (Å²) in [5.74, 6) is 1.21. The van der Waals surface area contributed by atoms with Gasteiger partial charge in [0.2, 0.25) is 0 Å². The lowest BCUT2D eigenvalue weighted by Gasteiger charge is -2.24. The molecule has 25 heavy (non-hydrogen) atoms. The second kappa shape index (κ2) is 8.10. The van der Waals surface area contributed by atoms with E-state index in [1.807, 2.05) is 60.7 Å². The van der Waals surface area contributed by atoms with Crippen LogP contribution < -0.4 is 9.05 Å². The number of unbranched alkanes of at least 4 members (excludes halogenated alkanes) is 2. The van der Waals surface area contributed by atoms with Gasteiger partial charge in [-0.3, -0.25) is 0 Å². The summed E-state index contributed by atoms with van der Waals surface area (Å²) < 4.78 is 25.4. The Labute approximate surface area is 150 Å². The predicted molar refractivity (Wildman–Crippen MR) is 102 cm³/mol. The minimum atomic E-state index is -3.27. The van der Waals surface area contributed by atoms with Crippen molar-refractivity contribution in [2.75, 3.05) is 6.16 Å². The van der Waals surface area contributed by atoms with Crippen LogP contribution in [0.15, 0.2) is 60.7 Å². The summed E-state index contributed by atoms with van der Waals surface area (Å²) in [7, 11) is -3.27. The van der Waals surface area contributed by atoms with Gasteiger partial charge in [0, 0.05) is 0 Å². The van der Waals surface area contributed by atoms with Crippen molar-refractivity contribution in [3.63, 3.8) is 0 Å². The molecule has 1 fully saturated rings. The summed E-state index contributed by atoms with van der Waals surface area (Å²) in [4.78, 5) is 0. The Bertz CT molecular complexity index is 650. The van der Waals surface area contributed by atoms with Crippen LogP contribution in [0.5, 0.6) is 11.5 Å². The van der Waals surface area contributed by atoms with E-state index in [0.717, 1.165) is 19.3 Å². The van der Waals surface area contributed by atoms with Crippen molar-refractivity contribution >= 4 is 7.60 Å². The van der Waals surface area contributed by atoms with E-state index in [1.165, 1.54) is 19.3 Å². The minimum Gasteiger partial charge on any atom is -0.416 e. The molecule has 0 amide bonds. The van der Waals surface area contributed by atoms with Gasteiger partial charge in [-0.15, -0.1) is 0 Å². The Kier molecular flexibility index (Phi) is 5.86. The first kappa shape index (κ1) is 18.1. The van der Waals surface area contributed by atoms with Crippen molar-refractivity contribution in [2.45, 2.75) is 45.4 Å². The average molecular weight is 358 g/mol. The van der Waals surface area contributed by atoms with Crippen molar-refractivity contribution in [3.8, 4) is 11.5 Å². The van der Waals surface area contributed by atoms with Gasteiger partial charge in [0.25, 0.3) is 0 Å². The molecule has 1 saturated carbocycles. The van der Waals surface area contributed by atoms with Gasteiger partial charge >= 0.3 is 7.60 Å². The molecular weight excluding hydrogens is 331 g/mol. The zero-order valence-electron chi connectivity index (χ0n) is 14.9. The van der Waals surface area contributed by atoms with Crippen LogP contribution in [0, 0.1) is 5.41 Å². The number of para-hydroxylation sites is 2. The van der Waals surface area contributed by atoms with E-state index in [9.17, 15) is 4.57 Å². The molecule has 2 aromatic carbocycles. The van der Waals surface area contributed by atoms with Crippen LogP contribution in [0.2, 0.25) is 0 Å². The summed E-state index contributed by atoms with van der Waals surface area (Å²) >= 11 is 0. The van der Waals surface area contributed by atoms with Gasteiger partial charge in [0.1, 0.15) is 11.5 Å². The predicted octanol–water partition coefficient (Wildman–Crippen LogP) is 6.70. The average Bonchev–Trinajstić information content (AvgIpc) is 3.35. The lowest BCUT2D eigenvalue weighted by atomic mass is 10.0. The molecule has 0 unspecified atom stereocenters. The Morgan fingerprint density at radius 2 is 1.40 bits per heavy atom. The molecule has 1 aliphatic carbocycles. The molecular formula is C21H27O3P. The molecule has 2 aromatic rings. The molecule has 0 bridgehead atoms. The molecule has 0 aromatic heterocycles. The van der Waals surface area contributed by atoms with Gasteiger partial charge < -0.3 is 9.05 Å². The third kappa shape index (κ3) is 5.37. The molecule has 0 atom stereocenters. The molecule has 3 nitrogen and oxygen atoms in total. The van der Waals surface area contributed by atoms with Gasteiger partial charge in [-0.05, 0) is 48.9 Å². The van der Waals surface area contributed by atoms with Crippen molar-refractivity contribution in [2.24, 2.45) is 5.41 Å². The van der Waals surface area contributed by atoms with Crippen molar-refractivity contribution < 1.29 is 13.6 Å². The maximum Gasteiger partial charge on any atom is 0.431 e. The SMILES string of the molecule is CCCCCC1(CP(=O)(Oc2ccccc2)Oc2ccccc2)CC1. The van der Waals surface area contributed by atoms with Crippen LogP contribution in [0.4, 0.5) is 0 Å². The normalized spacial score (nSPS) is 15.6. The van der Waals surface area contributed by atoms with Crippen molar-refractivity contribution in [1.82, 2.24) is 0 Å². The topological polar surface area (TPSA) is 35.5 Å². The van der Waals surface area contributed by atoms with Gasteiger partial charge in [-0.1, -0.05) is 62.6 Å². The molecule has 134 valence electrons. The third-order valence-electron chi connectivity index (χ3n) is 4.77. The van der Waals surface area contributed by atoms with Gasteiger partial charge in [0.05, 0.1) is 6.16 Å². The molecule has 0 heterocycles. The molecule has 4 heteroatoms. The molecule has 0 aliphatic heterocycles. The second-order valence-corrected chi connectivity index (χ2v) is 8.94.